The van der Waals surface area contributed by atoms with Crippen molar-refractivity contribution in [3.05, 3.63) is 53.1 Å². The third-order valence-electron chi connectivity index (χ3n) is 4.25. The van der Waals surface area contributed by atoms with Crippen LogP contribution in [0.2, 0.25) is 5.02 Å². The Kier molecular flexibility index (Phi) is 6.00. The standard InChI is InChI=1S/C19H21ClN2O5S/c1-13(19(23)21-12-14-3-5-15(20)6-4-14)22(28(2,24)25)16-7-8-17-18(11-16)27-10-9-26-17/h3-8,11,13H,9-10,12H2,1-2H3,(H,21,23)/t13-/m0/s1. The summed E-state index contributed by atoms with van der Waals surface area (Å²) in [7, 11) is -3.72. The second kappa shape index (κ2) is 8.28. The zero-order valence-corrected chi connectivity index (χ0v) is 17.1. The van der Waals surface area contributed by atoms with Crippen molar-refractivity contribution in [3.8, 4) is 11.5 Å². The summed E-state index contributed by atoms with van der Waals surface area (Å²) in [5.74, 6) is 0.574. The fraction of sp³-hybridized carbons (Fsp3) is 0.316. The normalized spacial score (nSPS) is 14.2. The van der Waals surface area contributed by atoms with E-state index in [-0.39, 0.29) is 6.54 Å². The van der Waals surface area contributed by atoms with E-state index in [0.717, 1.165) is 16.1 Å². The van der Waals surface area contributed by atoms with Crippen molar-refractivity contribution in [2.75, 3.05) is 23.8 Å². The van der Waals surface area contributed by atoms with Crippen LogP contribution in [0.15, 0.2) is 42.5 Å². The molecule has 1 atom stereocenters. The van der Waals surface area contributed by atoms with Crippen LogP contribution in [0.25, 0.3) is 0 Å². The molecule has 1 heterocycles. The smallest absolute Gasteiger partial charge is 0.243 e. The molecule has 28 heavy (non-hydrogen) atoms. The first kappa shape index (κ1) is 20.3. The minimum Gasteiger partial charge on any atom is -0.486 e. The van der Waals surface area contributed by atoms with E-state index in [2.05, 4.69) is 5.32 Å². The first-order valence-electron chi connectivity index (χ1n) is 8.67. The van der Waals surface area contributed by atoms with E-state index in [1.54, 1.807) is 42.5 Å². The van der Waals surface area contributed by atoms with Gasteiger partial charge in [0.1, 0.15) is 19.3 Å². The van der Waals surface area contributed by atoms with E-state index in [1.165, 1.54) is 6.92 Å². The Morgan fingerprint density at radius 2 is 1.79 bits per heavy atom. The highest BCUT2D eigenvalue weighted by Gasteiger charge is 2.30. The third-order valence-corrected chi connectivity index (χ3v) is 5.74. The fourth-order valence-corrected chi connectivity index (χ4v) is 4.21. The number of ether oxygens (including phenoxy) is 2. The number of nitrogens with zero attached hydrogens (tertiary/aromatic N) is 1. The van der Waals surface area contributed by atoms with Gasteiger partial charge in [0.15, 0.2) is 11.5 Å². The van der Waals surface area contributed by atoms with Gasteiger partial charge in [-0.3, -0.25) is 9.10 Å². The van der Waals surface area contributed by atoms with Crippen molar-refractivity contribution in [1.29, 1.82) is 0 Å². The van der Waals surface area contributed by atoms with Gasteiger partial charge in [0.2, 0.25) is 15.9 Å². The van der Waals surface area contributed by atoms with Crippen LogP contribution in [-0.4, -0.2) is 39.8 Å². The molecule has 1 aliphatic heterocycles. The predicted octanol–water partition coefficient (Wildman–Crippen LogP) is 2.58. The average Bonchev–Trinajstić information content (AvgIpc) is 2.66. The zero-order chi connectivity index (χ0) is 20.3. The van der Waals surface area contributed by atoms with E-state index in [9.17, 15) is 13.2 Å². The summed E-state index contributed by atoms with van der Waals surface area (Å²) in [5, 5.41) is 3.36. The van der Waals surface area contributed by atoms with Crippen LogP contribution in [0.3, 0.4) is 0 Å². The number of carbonyl (C=O) groups excluding carboxylic acids is 1. The molecule has 2 aromatic carbocycles. The summed E-state index contributed by atoms with van der Waals surface area (Å²) in [5.41, 5.74) is 1.19. The molecule has 150 valence electrons. The van der Waals surface area contributed by atoms with Crippen LogP contribution in [0.5, 0.6) is 11.5 Å². The monoisotopic (exact) mass is 424 g/mol. The van der Waals surface area contributed by atoms with Gasteiger partial charge in [-0.25, -0.2) is 8.42 Å². The molecule has 7 nitrogen and oxygen atoms in total. The molecule has 0 saturated heterocycles. The molecule has 2 aromatic rings. The number of amides is 1. The Labute approximate surface area is 169 Å². The molecule has 3 rings (SSSR count). The summed E-state index contributed by atoms with van der Waals surface area (Å²) in [6, 6.07) is 10.9. The molecule has 1 aliphatic rings. The van der Waals surface area contributed by atoms with Crippen LogP contribution >= 0.6 is 11.6 Å². The van der Waals surface area contributed by atoms with E-state index in [0.29, 0.717) is 35.4 Å². The molecule has 1 amide bonds. The maximum absolute atomic E-state index is 12.6. The van der Waals surface area contributed by atoms with Crippen LogP contribution < -0.4 is 19.1 Å². The molecule has 0 aliphatic carbocycles. The SMILES string of the molecule is C[C@@H](C(=O)NCc1ccc(Cl)cc1)N(c1ccc2c(c1)OCCO2)S(C)(=O)=O. The van der Waals surface area contributed by atoms with Gasteiger partial charge in [0.25, 0.3) is 0 Å². The topological polar surface area (TPSA) is 84.9 Å². The molecule has 0 spiro atoms. The second-order valence-corrected chi connectivity index (χ2v) is 8.70. The van der Waals surface area contributed by atoms with Gasteiger partial charge in [-0.05, 0) is 36.8 Å². The molecule has 0 radical (unpaired) electrons. The Bertz CT molecular complexity index is 963. The Hall–Kier alpha value is -2.45. The zero-order valence-electron chi connectivity index (χ0n) is 15.5. The fourth-order valence-electron chi connectivity index (χ4n) is 2.92. The average molecular weight is 425 g/mol. The summed E-state index contributed by atoms with van der Waals surface area (Å²) >= 11 is 5.86. The highest BCUT2D eigenvalue weighted by atomic mass is 35.5. The summed E-state index contributed by atoms with van der Waals surface area (Å²) in [6.07, 6.45) is 1.06. The van der Waals surface area contributed by atoms with Crippen molar-refractivity contribution in [1.82, 2.24) is 5.32 Å². The van der Waals surface area contributed by atoms with Gasteiger partial charge >= 0.3 is 0 Å². The highest BCUT2D eigenvalue weighted by molar-refractivity contribution is 7.92. The van der Waals surface area contributed by atoms with Crippen LogP contribution in [0.4, 0.5) is 5.69 Å². The largest absolute Gasteiger partial charge is 0.486 e. The van der Waals surface area contributed by atoms with Gasteiger partial charge in [-0.1, -0.05) is 23.7 Å². The number of hydrogen-bond acceptors (Lipinski definition) is 5. The first-order valence-corrected chi connectivity index (χ1v) is 10.9. The predicted molar refractivity (Wildman–Crippen MR) is 108 cm³/mol. The van der Waals surface area contributed by atoms with Crippen molar-refractivity contribution in [3.63, 3.8) is 0 Å². The van der Waals surface area contributed by atoms with Gasteiger partial charge in [-0.2, -0.15) is 0 Å². The number of rotatable bonds is 6. The number of nitrogens with one attached hydrogen (secondary N) is 1. The van der Waals surface area contributed by atoms with Crippen molar-refractivity contribution >= 4 is 33.2 Å². The molecule has 0 saturated carbocycles. The minimum atomic E-state index is -3.72. The summed E-state index contributed by atoms with van der Waals surface area (Å²) in [6.45, 7) is 2.62. The molecule has 0 unspecified atom stereocenters. The molecular formula is C19H21ClN2O5S. The van der Waals surface area contributed by atoms with Crippen LogP contribution in [0, 0.1) is 0 Å². The van der Waals surface area contributed by atoms with Gasteiger partial charge in [-0.15, -0.1) is 0 Å². The van der Waals surface area contributed by atoms with E-state index >= 15 is 0 Å². The number of sulfonamides is 1. The second-order valence-electron chi connectivity index (χ2n) is 6.41. The number of fused-ring (bicyclic) bond motifs is 1. The van der Waals surface area contributed by atoms with E-state index in [1.807, 2.05) is 0 Å². The Balaban J connectivity index is 1.79. The maximum Gasteiger partial charge on any atom is 0.243 e. The Morgan fingerprint density at radius 1 is 1.14 bits per heavy atom. The molecular weight excluding hydrogens is 404 g/mol. The number of carbonyl (C=O) groups is 1. The van der Waals surface area contributed by atoms with Crippen molar-refractivity contribution in [2.45, 2.75) is 19.5 Å². The summed E-state index contributed by atoms with van der Waals surface area (Å²) in [4.78, 5) is 12.6. The summed E-state index contributed by atoms with van der Waals surface area (Å²) < 4.78 is 36.9. The van der Waals surface area contributed by atoms with Crippen molar-refractivity contribution in [2.24, 2.45) is 0 Å². The van der Waals surface area contributed by atoms with Crippen LogP contribution in [-0.2, 0) is 21.4 Å². The van der Waals surface area contributed by atoms with Gasteiger partial charge < -0.3 is 14.8 Å². The lowest BCUT2D eigenvalue weighted by molar-refractivity contribution is -0.122. The third kappa shape index (κ3) is 4.69. The van der Waals surface area contributed by atoms with E-state index < -0.39 is 22.0 Å². The number of benzene rings is 2. The first-order chi connectivity index (χ1) is 13.3. The van der Waals surface area contributed by atoms with Crippen LogP contribution in [0.1, 0.15) is 12.5 Å². The number of hydrogen-bond donors (Lipinski definition) is 1. The number of halogens is 1. The molecule has 0 bridgehead atoms. The molecule has 9 heteroatoms. The van der Waals surface area contributed by atoms with Gasteiger partial charge in [0.05, 0.1) is 11.9 Å². The number of anilines is 1. The lowest BCUT2D eigenvalue weighted by Crippen LogP contribution is -2.47. The lowest BCUT2D eigenvalue weighted by Gasteiger charge is -2.29. The maximum atomic E-state index is 12.6. The molecule has 0 aromatic heterocycles. The molecule has 0 fully saturated rings. The quantitative estimate of drug-likeness (QED) is 0.770. The highest BCUT2D eigenvalue weighted by Crippen LogP contribution is 2.35. The van der Waals surface area contributed by atoms with Gasteiger partial charge in [0, 0.05) is 17.6 Å². The lowest BCUT2D eigenvalue weighted by atomic mass is 10.2. The van der Waals surface area contributed by atoms with E-state index in [4.69, 9.17) is 21.1 Å². The minimum absolute atomic E-state index is 0.263. The molecule has 1 N–H and O–H groups in total. The van der Waals surface area contributed by atoms with Crippen molar-refractivity contribution < 1.29 is 22.7 Å². The Morgan fingerprint density at radius 3 is 2.43 bits per heavy atom.